The molecule has 2 aromatic heterocycles. The molecule has 134 valence electrons. The van der Waals surface area contributed by atoms with Crippen molar-refractivity contribution in [2.75, 3.05) is 17.7 Å². The average molecular weight is 370 g/mol. The Bertz CT molecular complexity index is 993. The first-order chi connectivity index (χ1) is 12.4. The fourth-order valence-electron chi connectivity index (χ4n) is 2.80. The number of nitrogens with one attached hydrogen (secondary N) is 2. The van der Waals surface area contributed by atoms with Crippen LogP contribution in [0.3, 0.4) is 0 Å². The number of anilines is 2. The Hall–Kier alpha value is -2.93. The lowest BCUT2D eigenvalue weighted by Crippen LogP contribution is -2.12. The number of rotatable bonds is 4. The molecule has 0 bridgehead atoms. The number of ether oxygens (including phenoxy) is 1. The zero-order chi connectivity index (χ0) is 18.8. The zero-order valence-corrected chi connectivity index (χ0v) is 15.6. The largest absolute Gasteiger partial charge is 0.462 e. The number of carbonyl (C=O) groups excluding carboxylic acids is 2. The normalized spacial score (nSPS) is 10.7. The second-order valence-electron chi connectivity index (χ2n) is 5.94. The molecular weight excluding hydrogens is 350 g/mol. The smallest absolute Gasteiger partial charge is 0.338 e. The number of benzene rings is 1. The number of H-pyrrole nitrogens is 1. The van der Waals surface area contributed by atoms with Crippen LogP contribution in [-0.2, 0) is 4.74 Å². The molecule has 0 fully saturated rings. The maximum absolute atomic E-state index is 12.6. The van der Waals surface area contributed by atoms with Crippen LogP contribution in [0, 0.1) is 13.8 Å². The van der Waals surface area contributed by atoms with Crippen LogP contribution in [-0.4, -0.2) is 18.5 Å². The molecule has 0 unspecified atom stereocenters. The fraction of sp³-hybridized carbons (Fsp3) is 0.211. The number of pyridine rings is 1. The van der Waals surface area contributed by atoms with E-state index in [-0.39, 0.29) is 11.9 Å². The summed E-state index contributed by atoms with van der Waals surface area (Å²) in [7, 11) is 0. The van der Waals surface area contributed by atoms with E-state index in [1.54, 1.807) is 31.2 Å². The van der Waals surface area contributed by atoms with Crippen molar-refractivity contribution in [3.05, 3.63) is 52.0 Å². The summed E-state index contributed by atoms with van der Waals surface area (Å²) in [6.45, 7) is 6.01. The number of amides is 1. The van der Waals surface area contributed by atoms with E-state index in [1.165, 1.54) is 11.3 Å². The monoisotopic (exact) mass is 370 g/mol. The van der Waals surface area contributed by atoms with E-state index in [9.17, 15) is 9.59 Å². The van der Waals surface area contributed by atoms with Gasteiger partial charge in [-0.3, -0.25) is 4.79 Å². The number of carbonyl (C=O) groups is 2. The predicted molar refractivity (Wildman–Crippen MR) is 103 cm³/mol. The highest BCUT2D eigenvalue weighted by molar-refractivity contribution is 7.20. The van der Waals surface area contributed by atoms with E-state index >= 15 is 0 Å². The minimum atomic E-state index is -0.388. The molecule has 1 amide bonds. The first-order valence-corrected chi connectivity index (χ1v) is 9.02. The molecule has 0 saturated heterocycles. The first kappa shape index (κ1) is 17.9. The van der Waals surface area contributed by atoms with Crippen molar-refractivity contribution < 1.29 is 19.3 Å². The second-order valence-corrected chi connectivity index (χ2v) is 6.96. The number of fused-ring (bicyclic) bond motifs is 1. The second kappa shape index (κ2) is 7.13. The van der Waals surface area contributed by atoms with Crippen molar-refractivity contribution in [1.82, 2.24) is 0 Å². The molecule has 0 saturated carbocycles. The summed E-state index contributed by atoms with van der Waals surface area (Å²) in [4.78, 5) is 28.9. The van der Waals surface area contributed by atoms with Crippen LogP contribution in [0.25, 0.3) is 10.2 Å². The van der Waals surface area contributed by atoms with Gasteiger partial charge in [-0.2, -0.15) is 4.98 Å². The SMILES string of the molecule is CCOC(=O)c1ccc(NC(=O)c2sc3[nH+]c(C)cc(C)c3c2N)cc1. The van der Waals surface area contributed by atoms with Crippen LogP contribution in [0.4, 0.5) is 11.4 Å². The Morgan fingerprint density at radius 2 is 1.92 bits per heavy atom. The number of aromatic amines is 1. The van der Waals surface area contributed by atoms with E-state index in [0.717, 1.165) is 21.5 Å². The number of esters is 1. The van der Waals surface area contributed by atoms with Gasteiger partial charge >= 0.3 is 5.97 Å². The molecule has 6 nitrogen and oxygen atoms in total. The third kappa shape index (κ3) is 3.39. The minimum Gasteiger partial charge on any atom is -0.462 e. The molecule has 2 heterocycles. The lowest BCUT2D eigenvalue weighted by Gasteiger charge is -2.06. The van der Waals surface area contributed by atoms with Gasteiger partial charge in [0, 0.05) is 18.7 Å². The topological polar surface area (TPSA) is 95.6 Å². The third-order valence-corrected chi connectivity index (χ3v) is 5.06. The molecular formula is C19H20N3O3S+. The van der Waals surface area contributed by atoms with Crippen LogP contribution in [0.15, 0.2) is 30.3 Å². The van der Waals surface area contributed by atoms with Gasteiger partial charge in [0.2, 0.25) is 0 Å². The van der Waals surface area contributed by atoms with Crippen molar-refractivity contribution in [1.29, 1.82) is 0 Å². The number of aryl methyl sites for hydroxylation is 2. The standard InChI is InChI=1S/C19H19N3O3S/c1-4-25-19(24)12-5-7-13(8-6-12)22-17(23)16-15(20)14-10(2)9-11(3)21-18(14)26-16/h5-9H,4,20H2,1-3H3,(H,22,23)/p+1. The molecule has 0 aliphatic rings. The molecule has 3 rings (SSSR count). The van der Waals surface area contributed by atoms with E-state index in [2.05, 4.69) is 10.3 Å². The Kier molecular flexibility index (Phi) is 4.90. The molecule has 3 aromatic rings. The summed E-state index contributed by atoms with van der Waals surface area (Å²) in [6, 6.07) is 8.55. The van der Waals surface area contributed by atoms with Crippen LogP contribution >= 0.6 is 11.3 Å². The van der Waals surface area contributed by atoms with Crippen molar-refractivity contribution in [2.24, 2.45) is 0 Å². The molecule has 0 aliphatic carbocycles. The molecule has 1 aromatic carbocycles. The van der Waals surface area contributed by atoms with Crippen molar-refractivity contribution in [2.45, 2.75) is 20.8 Å². The molecule has 0 aliphatic heterocycles. The lowest BCUT2D eigenvalue weighted by molar-refractivity contribution is -0.351. The predicted octanol–water partition coefficient (Wildman–Crippen LogP) is 3.34. The lowest BCUT2D eigenvalue weighted by atomic mass is 10.1. The number of nitrogen functional groups attached to an aromatic ring is 1. The van der Waals surface area contributed by atoms with Gasteiger partial charge in [-0.05, 0) is 43.7 Å². The van der Waals surface area contributed by atoms with Gasteiger partial charge in [0.25, 0.3) is 10.7 Å². The summed E-state index contributed by atoms with van der Waals surface area (Å²) in [5.74, 6) is -0.668. The maximum Gasteiger partial charge on any atom is 0.338 e. The van der Waals surface area contributed by atoms with Gasteiger partial charge in [0.1, 0.15) is 4.88 Å². The number of hydrogen-bond acceptors (Lipinski definition) is 5. The minimum absolute atomic E-state index is 0.280. The number of hydrogen-bond donors (Lipinski definition) is 2. The highest BCUT2D eigenvalue weighted by Crippen LogP contribution is 2.33. The van der Waals surface area contributed by atoms with E-state index in [4.69, 9.17) is 10.5 Å². The maximum atomic E-state index is 12.6. The highest BCUT2D eigenvalue weighted by atomic mass is 32.1. The van der Waals surface area contributed by atoms with E-state index in [0.29, 0.717) is 28.4 Å². The number of thiophene rings is 1. The quantitative estimate of drug-likeness (QED) is 0.689. The Morgan fingerprint density at radius 3 is 2.58 bits per heavy atom. The van der Waals surface area contributed by atoms with Crippen LogP contribution in [0.2, 0.25) is 0 Å². The summed E-state index contributed by atoms with van der Waals surface area (Å²) in [5, 5.41) is 3.70. The van der Waals surface area contributed by atoms with Crippen LogP contribution < -0.4 is 16.0 Å². The first-order valence-electron chi connectivity index (χ1n) is 8.20. The number of aromatic nitrogens is 1. The summed E-state index contributed by atoms with van der Waals surface area (Å²) >= 11 is 1.33. The van der Waals surface area contributed by atoms with Crippen molar-refractivity contribution in [3.63, 3.8) is 0 Å². The van der Waals surface area contributed by atoms with E-state index in [1.807, 2.05) is 19.9 Å². The van der Waals surface area contributed by atoms with Gasteiger partial charge in [-0.25, -0.2) is 4.79 Å². The number of nitrogens with two attached hydrogens (primary N) is 1. The fourth-order valence-corrected chi connectivity index (χ4v) is 3.94. The molecule has 7 heteroatoms. The average Bonchev–Trinajstić information content (AvgIpc) is 2.92. The molecule has 0 spiro atoms. The van der Waals surface area contributed by atoms with Crippen molar-refractivity contribution >= 4 is 44.8 Å². The molecule has 0 atom stereocenters. The molecule has 26 heavy (non-hydrogen) atoms. The summed E-state index contributed by atoms with van der Waals surface area (Å²) < 4.78 is 4.94. The van der Waals surface area contributed by atoms with Crippen LogP contribution in [0.1, 0.15) is 38.2 Å². The summed E-state index contributed by atoms with van der Waals surface area (Å²) in [5.41, 5.74) is 9.74. The Labute approximate surface area is 155 Å². The van der Waals surface area contributed by atoms with Gasteiger partial charge in [0.05, 0.1) is 23.2 Å². The van der Waals surface area contributed by atoms with Crippen molar-refractivity contribution in [3.8, 4) is 0 Å². The van der Waals surface area contributed by atoms with Crippen LogP contribution in [0.5, 0.6) is 0 Å². The van der Waals surface area contributed by atoms with Gasteiger partial charge in [-0.1, -0.05) is 11.3 Å². The van der Waals surface area contributed by atoms with E-state index < -0.39 is 0 Å². The Morgan fingerprint density at radius 1 is 1.23 bits per heavy atom. The van der Waals surface area contributed by atoms with Gasteiger partial charge in [-0.15, -0.1) is 0 Å². The summed E-state index contributed by atoms with van der Waals surface area (Å²) in [6.07, 6.45) is 0. The molecule has 0 radical (unpaired) electrons. The van der Waals surface area contributed by atoms with Gasteiger partial charge < -0.3 is 15.8 Å². The highest BCUT2D eigenvalue weighted by Gasteiger charge is 2.22. The van der Waals surface area contributed by atoms with Gasteiger partial charge in [0.15, 0.2) is 5.69 Å². The zero-order valence-electron chi connectivity index (χ0n) is 14.8. The third-order valence-electron chi connectivity index (χ3n) is 3.94. The Balaban J connectivity index is 1.84. The molecule has 4 N–H and O–H groups in total.